The van der Waals surface area contributed by atoms with Crippen molar-refractivity contribution in [2.75, 3.05) is 0 Å². The van der Waals surface area contributed by atoms with Gasteiger partial charge in [-0.1, -0.05) is 0 Å². The number of rotatable bonds is 3. The number of aromatic nitrogens is 1. The Morgan fingerprint density at radius 3 is 2.62 bits per heavy atom. The van der Waals surface area contributed by atoms with Gasteiger partial charge in [-0.25, -0.2) is 0 Å². The molecule has 0 aliphatic heterocycles. The van der Waals surface area contributed by atoms with Gasteiger partial charge in [0.1, 0.15) is 0 Å². The van der Waals surface area contributed by atoms with Crippen LogP contribution in [-0.4, -0.2) is 15.6 Å². The summed E-state index contributed by atoms with van der Waals surface area (Å²) in [5.41, 5.74) is 1.08. The van der Waals surface area contributed by atoms with Gasteiger partial charge in [0.2, 0.25) is 0 Å². The first-order chi connectivity index (χ1) is 6.02. The van der Waals surface area contributed by atoms with Gasteiger partial charge in [-0.2, -0.15) is 0 Å². The molecule has 0 fully saturated rings. The van der Waals surface area contributed by atoms with Crippen LogP contribution in [0.25, 0.3) is 0 Å². The van der Waals surface area contributed by atoms with Crippen molar-refractivity contribution in [3.63, 3.8) is 0 Å². The fourth-order valence-electron chi connectivity index (χ4n) is 1.05. The molecule has 1 aromatic rings. The topological polar surface area (TPSA) is 42.2 Å². The second-order valence-corrected chi connectivity index (χ2v) is 4.65. The quantitative estimate of drug-likeness (QED) is 0.790. The van der Waals surface area contributed by atoms with E-state index in [1.165, 1.54) is 11.3 Å². The lowest BCUT2D eigenvalue weighted by molar-refractivity contribution is -0.137. The van der Waals surface area contributed by atoms with Gasteiger partial charge in [0.05, 0.1) is 6.42 Å². The molecule has 0 saturated heterocycles. The van der Waals surface area contributed by atoms with Crippen LogP contribution in [0.3, 0.4) is 0 Å². The average Bonchev–Trinajstić information content (AvgIpc) is 2.24. The Morgan fingerprint density at radius 2 is 2.23 bits per heavy atom. The van der Waals surface area contributed by atoms with Crippen molar-refractivity contribution in [2.24, 2.45) is 0 Å². The molecular formula is C8H11NO2S2. The fraction of sp³-hybridized carbons (Fsp3) is 0.500. The van der Waals surface area contributed by atoms with Crippen LogP contribution in [0.2, 0.25) is 0 Å². The molecule has 5 heteroatoms. The van der Waals surface area contributed by atoms with E-state index in [4.69, 9.17) is 17.3 Å². The van der Waals surface area contributed by atoms with E-state index in [0.29, 0.717) is 6.54 Å². The van der Waals surface area contributed by atoms with Gasteiger partial charge >= 0.3 is 5.97 Å². The van der Waals surface area contributed by atoms with E-state index in [9.17, 15) is 4.79 Å². The van der Waals surface area contributed by atoms with E-state index in [-0.39, 0.29) is 6.42 Å². The van der Waals surface area contributed by atoms with Gasteiger partial charge in [-0.05, 0) is 26.1 Å². The maximum atomic E-state index is 10.4. The number of aryl methyl sites for hydroxylation is 1. The number of hydrogen-bond donors (Lipinski definition) is 1. The minimum absolute atomic E-state index is 0.130. The summed E-state index contributed by atoms with van der Waals surface area (Å²) >= 11 is 6.63. The van der Waals surface area contributed by atoms with Crippen molar-refractivity contribution in [2.45, 2.75) is 26.8 Å². The van der Waals surface area contributed by atoms with E-state index < -0.39 is 5.97 Å². The minimum atomic E-state index is -0.787. The molecule has 0 radical (unpaired) electrons. The SMILES string of the molecule is Cc1sc(=S)n(CCC(=O)O)c1C. The van der Waals surface area contributed by atoms with Crippen LogP contribution in [0.1, 0.15) is 17.0 Å². The van der Waals surface area contributed by atoms with Crippen LogP contribution in [0.4, 0.5) is 0 Å². The molecule has 1 N–H and O–H groups in total. The molecule has 0 atom stereocenters. The van der Waals surface area contributed by atoms with Gasteiger partial charge in [-0.3, -0.25) is 4.79 Å². The van der Waals surface area contributed by atoms with E-state index in [2.05, 4.69) is 0 Å². The monoisotopic (exact) mass is 217 g/mol. The van der Waals surface area contributed by atoms with Crippen molar-refractivity contribution in [1.82, 2.24) is 4.57 Å². The highest BCUT2D eigenvalue weighted by atomic mass is 32.1. The highest BCUT2D eigenvalue weighted by Crippen LogP contribution is 2.17. The maximum absolute atomic E-state index is 10.4. The zero-order valence-electron chi connectivity index (χ0n) is 7.53. The second-order valence-electron chi connectivity index (χ2n) is 2.80. The van der Waals surface area contributed by atoms with Crippen LogP contribution in [0.15, 0.2) is 0 Å². The zero-order chi connectivity index (χ0) is 10.0. The number of carboxylic acid groups (broad SMARTS) is 1. The second kappa shape index (κ2) is 4.02. The van der Waals surface area contributed by atoms with Gasteiger partial charge in [0.15, 0.2) is 3.95 Å². The summed E-state index contributed by atoms with van der Waals surface area (Å²) in [6, 6.07) is 0. The van der Waals surface area contributed by atoms with E-state index in [0.717, 1.165) is 14.5 Å². The molecule has 1 rings (SSSR count). The molecule has 0 bridgehead atoms. The molecule has 3 nitrogen and oxygen atoms in total. The van der Waals surface area contributed by atoms with Gasteiger partial charge in [-0.15, -0.1) is 11.3 Å². The van der Waals surface area contributed by atoms with Crippen molar-refractivity contribution in [3.05, 3.63) is 14.5 Å². The summed E-state index contributed by atoms with van der Waals surface area (Å²) < 4.78 is 2.64. The standard InChI is InChI=1S/C8H11NO2S2/c1-5-6(2)13-8(12)9(5)4-3-7(10)11/h3-4H2,1-2H3,(H,10,11). The summed E-state index contributed by atoms with van der Waals surface area (Å²) in [6.07, 6.45) is 0.130. The summed E-state index contributed by atoms with van der Waals surface area (Å²) in [5, 5.41) is 8.52. The number of hydrogen-bond acceptors (Lipinski definition) is 3. The third kappa shape index (κ3) is 2.38. The molecule has 0 spiro atoms. The van der Waals surface area contributed by atoms with Crippen molar-refractivity contribution in [3.8, 4) is 0 Å². The number of aliphatic carboxylic acids is 1. The van der Waals surface area contributed by atoms with Gasteiger partial charge < -0.3 is 9.67 Å². The molecule has 0 amide bonds. The van der Waals surface area contributed by atoms with Crippen LogP contribution in [-0.2, 0) is 11.3 Å². The molecule has 1 heterocycles. The lowest BCUT2D eigenvalue weighted by atomic mass is 10.4. The Balaban J connectivity index is 2.88. The number of carboxylic acids is 1. The lowest BCUT2D eigenvalue weighted by Crippen LogP contribution is -2.05. The third-order valence-electron chi connectivity index (χ3n) is 1.92. The summed E-state index contributed by atoms with van der Waals surface area (Å²) in [5.74, 6) is -0.787. The highest BCUT2D eigenvalue weighted by molar-refractivity contribution is 7.73. The van der Waals surface area contributed by atoms with Gasteiger partial charge in [0, 0.05) is 17.1 Å². The molecule has 72 valence electrons. The normalized spacial score (nSPS) is 10.3. The molecule has 0 aromatic carbocycles. The number of nitrogens with zero attached hydrogens (tertiary/aromatic N) is 1. The summed E-state index contributed by atoms with van der Waals surface area (Å²) in [7, 11) is 0. The predicted octanol–water partition coefficient (Wildman–Crippen LogP) is 2.37. The molecule has 0 aliphatic rings. The van der Waals surface area contributed by atoms with E-state index in [1.54, 1.807) is 0 Å². The number of carbonyl (C=O) groups is 1. The number of thiazole rings is 1. The van der Waals surface area contributed by atoms with Crippen molar-refractivity contribution in [1.29, 1.82) is 0 Å². The van der Waals surface area contributed by atoms with Crippen LogP contribution in [0, 0.1) is 17.8 Å². The van der Waals surface area contributed by atoms with E-state index >= 15 is 0 Å². The smallest absolute Gasteiger partial charge is 0.305 e. The third-order valence-corrected chi connectivity index (χ3v) is 3.39. The Bertz CT molecular complexity index is 378. The zero-order valence-corrected chi connectivity index (χ0v) is 9.17. The van der Waals surface area contributed by atoms with Crippen LogP contribution >= 0.6 is 23.6 Å². The maximum Gasteiger partial charge on any atom is 0.305 e. The van der Waals surface area contributed by atoms with Crippen molar-refractivity contribution < 1.29 is 9.90 Å². The average molecular weight is 217 g/mol. The molecule has 0 aliphatic carbocycles. The van der Waals surface area contributed by atoms with Gasteiger partial charge in [0.25, 0.3) is 0 Å². The Hall–Kier alpha value is -0.680. The summed E-state index contributed by atoms with van der Waals surface area (Å²) in [4.78, 5) is 11.5. The molecular weight excluding hydrogens is 206 g/mol. The Labute approximate surface area is 85.6 Å². The highest BCUT2D eigenvalue weighted by Gasteiger charge is 2.05. The van der Waals surface area contributed by atoms with Crippen LogP contribution < -0.4 is 0 Å². The first-order valence-corrected chi connectivity index (χ1v) is 5.13. The largest absolute Gasteiger partial charge is 0.481 e. The first kappa shape index (κ1) is 10.4. The minimum Gasteiger partial charge on any atom is -0.481 e. The summed E-state index contributed by atoms with van der Waals surface area (Å²) in [6.45, 7) is 4.43. The molecule has 0 saturated carbocycles. The lowest BCUT2D eigenvalue weighted by Gasteiger charge is -2.02. The molecule has 0 unspecified atom stereocenters. The predicted molar refractivity (Wildman–Crippen MR) is 54.9 cm³/mol. The fourth-order valence-corrected chi connectivity index (χ4v) is 2.51. The van der Waals surface area contributed by atoms with Crippen LogP contribution in [0.5, 0.6) is 0 Å². The van der Waals surface area contributed by atoms with E-state index in [1.807, 2.05) is 18.4 Å². The first-order valence-electron chi connectivity index (χ1n) is 3.91. The Morgan fingerprint density at radius 1 is 1.62 bits per heavy atom. The van der Waals surface area contributed by atoms with Crippen molar-refractivity contribution >= 4 is 29.5 Å². The molecule has 13 heavy (non-hydrogen) atoms. The Kier molecular flexibility index (Phi) is 3.22. The molecule has 1 aromatic heterocycles.